The number of ether oxygens (including phenoxy) is 2. The van der Waals surface area contributed by atoms with Gasteiger partial charge in [0, 0.05) is 19.8 Å². The van der Waals surface area contributed by atoms with Crippen LogP contribution in [0, 0.1) is 6.92 Å². The highest BCUT2D eigenvalue weighted by Crippen LogP contribution is 2.22. The highest BCUT2D eigenvalue weighted by Gasteiger charge is 2.10. The van der Waals surface area contributed by atoms with Crippen LogP contribution >= 0.6 is 0 Å². The number of benzene rings is 2. The standard InChI is InChI=1S/C26H37N3O4/c1-20-12-14-22(15-13-20)25(11-6-7-17-31-5)28-32-18-16-27-26(30)33-24-10-8-9-23(19-24)21(2)29(3)4/h8-10,12-15,19,21H,6-7,11,16-18H2,1-5H3,(H,27,30)/b28-25+/t21-/m0/s1. The molecular weight excluding hydrogens is 418 g/mol. The summed E-state index contributed by atoms with van der Waals surface area (Å²) in [7, 11) is 5.73. The van der Waals surface area contributed by atoms with Crippen LogP contribution in [0.25, 0.3) is 0 Å². The van der Waals surface area contributed by atoms with E-state index < -0.39 is 6.09 Å². The van der Waals surface area contributed by atoms with E-state index in [0.29, 0.717) is 12.3 Å². The highest BCUT2D eigenvalue weighted by atomic mass is 16.6. The molecule has 0 saturated carbocycles. The zero-order valence-corrected chi connectivity index (χ0v) is 20.5. The van der Waals surface area contributed by atoms with Crippen molar-refractivity contribution >= 4 is 11.8 Å². The third-order valence-corrected chi connectivity index (χ3v) is 5.36. The van der Waals surface area contributed by atoms with Gasteiger partial charge < -0.3 is 24.5 Å². The third-order valence-electron chi connectivity index (χ3n) is 5.36. The number of rotatable bonds is 13. The van der Waals surface area contributed by atoms with E-state index >= 15 is 0 Å². The lowest BCUT2D eigenvalue weighted by atomic mass is 10.0. The molecule has 2 rings (SSSR count). The molecule has 7 nitrogen and oxygen atoms in total. The molecule has 0 fully saturated rings. The summed E-state index contributed by atoms with van der Waals surface area (Å²) in [6, 6.07) is 16.0. The van der Waals surface area contributed by atoms with Gasteiger partial charge >= 0.3 is 6.09 Å². The largest absolute Gasteiger partial charge is 0.412 e. The Labute approximate surface area is 197 Å². The van der Waals surface area contributed by atoms with E-state index in [1.165, 1.54) is 5.56 Å². The van der Waals surface area contributed by atoms with Crippen molar-refractivity contribution in [3.63, 3.8) is 0 Å². The topological polar surface area (TPSA) is 72.4 Å². The smallest absolute Gasteiger partial charge is 0.410 e. The van der Waals surface area contributed by atoms with Crippen LogP contribution in [0.4, 0.5) is 4.79 Å². The van der Waals surface area contributed by atoms with Crippen LogP contribution in [-0.4, -0.2) is 57.7 Å². The predicted octanol–water partition coefficient (Wildman–Crippen LogP) is 4.94. The molecule has 0 spiro atoms. The molecule has 2 aromatic rings. The number of carbonyl (C=O) groups excluding carboxylic acids is 1. The number of nitrogens with one attached hydrogen (secondary N) is 1. The molecular formula is C26H37N3O4. The second kappa shape index (κ2) is 14.3. The lowest BCUT2D eigenvalue weighted by Gasteiger charge is -2.20. The number of amides is 1. The lowest BCUT2D eigenvalue weighted by Crippen LogP contribution is -2.29. The van der Waals surface area contributed by atoms with Gasteiger partial charge in [0.15, 0.2) is 0 Å². The summed E-state index contributed by atoms with van der Waals surface area (Å²) < 4.78 is 10.5. The summed E-state index contributed by atoms with van der Waals surface area (Å²) in [6.07, 6.45) is 2.20. The molecule has 0 aliphatic rings. The maximum atomic E-state index is 12.1. The van der Waals surface area contributed by atoms with E-state index in [2.05, 4.69) is 53.5 Å². The van der Waals surface area contributed by atoms with Crippen molar-refractivity contribution in [3.8, 4) is 5.75 Å². The van der Waals surface area contributed by atoms with Gasteiger partial charge in [0.05, 0.1) is 12.3 Å². The minimum absolute atomic E-state index is 0.222. The van der Waals surface area contributed by atoms with E-state index in [1.807, 2.05) is 32.3 Å². The molecule has 7 heteroatoms. The van der Waals surface area contributed by atoms with E-state index in [-0.39, 0.29) is 12.6 Å². The maximum Gasteiger partial charge on any atom is 0.412 e. The monoisotopic (exact) mass is 455 g/mol. The van der Waals surface area contributed by atoms with Crippen LogP contribution in [0.15, 0.2) is 53.7 Å². The maximum absolute atomic E-state index is 12.1. The molecule has 33 heavy (non-hydrogen) atoms. The number of hydrogen-bond donors (Lipinski definition) is 1. The summed E-state index contributed by atoms with van der Waals surface area (Å²) in [5.41, 5.74) is 4.21. The average molecular weight is 456 g/mol. The number of aryl methyl sites for hydroxylation is 1. The van der Waals surface area contributed by atoms with Crippen molar-refractivity contribution < 1.29 is 19.1 Å². The van der Waals surface area contributed by atoms with Crippen molar-refractivity contribution in [3.05, 3.63) is 65.2 Å². The fraction of sp³-hybridized carbons (Fsp3) is 0.462. The molecule has 0 radical (unpaired) electrons. The number of nitrogens with zero attached hydrogens (tertiary/aromatic N) is 2. The van der Waals surface area contributed by atoms with Gasteiger partial charge in [0.25, 0.3) is 0 Å². The molecule has 1 amide bonds. The van der Waals surface area contributed by atoms with Crippen LogP contribution in [0.2, 0.25) is 0 Å². The Balaban J connectivity index is 1.82. The van der Waals surface area contributed by atoms with Crippen LogP contribution in [0.5, 0.6) is 5.75 Å². The van der Waals surface area contributed by atoms with Gasteiger partial charge in [-0.1, -0.05) is 47.1 Å². The van der Waals surface area contributed by atoms with E-state index in [4.69, 9.17) is 14.3 Å². The molecule has 180 valence electrons. The minimum Gasteiger partial charge on any atom is -0.410 e. The molecule has 0 saturated heterocycles. The summed E-state index contributed by atoms with van der Waals surface area (Å²) in [5, 5.41) is 7.03. The van der Waals surface area contributed by atoms with Crippen molar-refractivity contribution in [1.29, 1.82) is 0 Å². The molecule has 0 aromatic heterocycles. The molecule has 0 unspecified atom stereocenters. The number of carbonyl (C=O) groups is 1. The summed E-state index contributed by atoms with van der Waals surface area (Å²) in [5.74, 6) is 0.510. The van der Waals surface area contributed by atoms with Crippen LogP contribution in [-0.2, 0) is 9.57 Å². The Morgan fingerprint density at radius 2 is 1.85 bits per heavy atom. The van der Waals surface area contributed by atoms with Gasteiger partial charge in [-0.3, -0.25) is 0 Å². The minimum atomic E-state index is -0.518. The number of methoxy groups -OCH3 is 1. The average Bonchev–Trinajstić information content (AvgIpc) is 2.80. The van der Waals surface area contributed by atoms with Gasteiger partial charge in [-0.25, -0.2) is 4.79 Å². The zero-order valence-electron chi connectivity index (χ0n) is 20.5. The Hall–Kier alpha value is -2.90. The lowest BCUT2D eigenvalue weighted by molar-refractivity contribution is 0.142. The number of unbranched alkanes of at least 4 members (excludes halogenated alkanes) is 1. The van der Waals surface area contributed by atoms with Gasteiger partial charge in [0.1, 0.15) is 12.4 Å². The van der Waals surface area contributed by atoms with Crippen LogP contribution in [0.1, 0.15) is 48.9 Å². The molecule has 1 atom stereocenters. The van der Waals surface area contributed by atoms with Gasteiger partial charge in [-0.05, 0) is 70.5 Å². The number of oxime groups is 1. The molecule has 2 aromatic carbocycles. The Bertz CT molecular complexity index is 881. The Kier molecular flexibility index (Phi) is 11.4. The summed E-state index contributed by atoms with van der Waals surface area (Å²) in [6.45, 7) is 5.42. The summed E-state index contributed by atoms with van der Waals surface area (Å²) in [4.78, 5) is 19.7. The molecule has 0 aliphatic carbocycles. The van der Waals surface area contributed by atoms with Crippen LogP contribution in [0.3, 0.4) is 0 Å². The van der Waals surface area contributed by atoms with Gasteiger partial charge in [-0.2, -0.15) is 0 Å². The van der Waals surface area contributed by atoms with Crippen LogP contribution < -0.4 is 10.1 Å². The normalized spacial score (nSPS) is 12.5. The second-order valence-corrected chi connectivity index (χ2v) is 8.22. The summed E-state index contributed by atoms with van der Waals surface area (Å²) >= 11 is 0. The van der Waals surface area contributed by atoms with Crippen molar-refractivity contribution in [2.24, 2.45) is 5.16 Å². The first-order valence-electron chi connectivity index (χ1n) is 11.4. The SMILES string of the molecule is COCCCC/C(=N\OCCNC(=O)Oc1cccc([C@H](C)N(C)C)c1)c1ccc(C)cc1. The first kappa shape index (κ1) is 26.4. The first-order chi connectivity index (χ1) is 15.9. The molecule has 0 heterocycles. The first-order valence-corrected chi connectivity index (χ1v) is 11.4. The number of hydrogen-bond acceptors (Lipinski definition) is 6. The van der Waals surface area contributed by atoms with E-state index in [1.54, 1.807) is 13.2 Å². The zero-order chi connectivity index (χ0) is 24.1. The van der Waals surface area contributed by atoms with E-state index in [9.17, 15) is 4.79 Å². The fourth-order valence-electron chi connectivity index (χ4n) is 3.13. The quantitative estimate of drug-likeness (QED) is 0.263. The fourth-order valence-corrected chi connectivity index (χ4v) is 3.13. The second-order valence-electron chi connectivity index (χ2n) is 8.22. The van der Waals surface area contributed by atoms with Gasteiger partial charge in [0.2, 0.25) is 0 Å². The molecule has 1 N–H and O–H groups in total. The van der Waals surface area contributed by atoms with Crippen molar-refractivity contribution in [2.45, 2.75) is 39.2 Å². The van der Waals surface area contributed by atoms with Gasteiger partial charge in [-0.15, -0.1) is 0 Å². The predicted molar refractivity (Wildman–Crippen MR) is 132 cm³/mol. The molecule has 0 bridgehead atoms. The van der Waals surface area contributed by atoms with E-state index in [0.717, 1.165) is 42.7 Å². The van der Waals surface area contributed by atoms with Crippen molar-refractivity contribution in [2.75, 3.05) is 41.0 Å². The van der Waals surface area contributed by atoms with Crippen molar-refractivity contribution in [1.82, 2.24) is 10.2 Å². The Morgan fingerprint density at radius 1 is 1.09 bits per heavy atom. The Morgan fingerprint density at radius 3 is 2.55 bits per heavy atom. The molecule has 0 aliphatic heterocycles. The third kappa shape index (κ3) is 9.63. The highest BCUT2D eigenvalue weighted by molar-refractivity contribution is 6.00.